The number of hydrogen-bond donors (Lipinski definition) is 1. The third-order valence-corrected chi connectivity index (χ3v) is 5.50. The van der Waals surface area contributed by atoms with E-state index in [1.807, 2.05) is 32.7 Å². The van der Waals surface area contributed by atoms with Crippen molar-refractivity contribution in [3.8, 4) is 0 Å². The van der Waals surface area contributed by atoms with Crippen molar-refractivity contribution in [3.63, 3.8) is 0 Å². The minimum absolute atomic E-state index is 0.0106. The third-order valence-electron chi connectivity index (χ3n) is 5.50. The molecule has 0 spiro atoms. The summed E-state index contributed by atoms with van der Waals surface area (Å²) in [5.74, 6) is 0.582. The second-order valence-electron chi connectivity index (χ2n) is 9.51. The van der Waals surface area contributed by atoms with E-state index in [-0.39, 0.29) is 18.1 Å². The second kappa shape index (κ2) is 10.7. The predicted molar refractivity (Wildman–Crippen MR) is 119 cm³/mol. The molecule has 1 amide bonds. The molecule has 32 heavy (non-hydrogen) atoms. The van der Waals surface area contributed by atoms with Crippen LogP contribution in [0.25, 0.3) is 0 Å². The lowest BCUT2D eigenvalue weighted by Crippen LogP contribution is -2.51. The number of piperidine rings is 1. The summed E-state index contributed by atoms with van der Waals surface area (Å²) in [6.45, 7) is 11.9. The molecule has 2 aliphatic rings. The van der Waals surface area contributed by atoms with Crippen molar-refractivity contribution < 1.29 is 22.7 Å². The van der Waals surface area contributed by atoms with Crippen LogP contribution in [0.4, 0.5) is 18.0 Å². The van der Waals surface area contributed by atoms with Gasteiger partial charge in [-0.15, -0.1) is 0 Å². The van der Waals surface area contributed by atoms with Gasteiger partial charge in [0.2, 0.25) is 5.96 Å². The molecule has 0 aliphatic carbocycles. The average molecular weight is 463 g/mol. The fraction of sp³-hybridized carbons (Fsp3) is 0.857. The van der Waals surface area contributed by atoms with Gasteiger partial charge in [-0.1, -0.05) is 0 Å². The first-order valence-electron chi connectivity index (χ1n) is 11.1. The summed E-state index contributed by atoms with van der Waals surface area (Å²) in [5.41, 5.74) is -0.564. The van der Waals surface area contributed by atoms with Gasteiger partial charge in [-0.05, 0) is 67.6 Å². The number of likely N-dealkylation sites (tertiary alicyclic amines) is 1. The molecule has 1 N–H and O–H groups in total. The molecular formula is C21H37F3N6O2. The number of carbonyl (C=O) groups excluding carboxylic acids is 1. The Morgan fingerprint density at radius 2 is 1.56 bits per heavy atom. The summed E-state index contributed by atoms with van der Waals surface area (Å²) < 4.78 is 44.8. The molecule has 2 rings (SSSR count). The summed E-state index contributed by atoms with van der Waals surface area (Å²) >= 11 is 0. The number of nitrogens with zero attached hydrogens (tertiary/aromatic N) is 5. The van der Waals surface area contributed by atoms with Gasteiger partial charge in [-0.3, -0.25) is 0 Å². The lowest BCUT2D eigenvalue weighted by Gasteiger charge is -2.36. The number of ether oxygens (including phenoxy) is 1. The van der Waals surface area contributed by atoms with Gasteiger partial charge in [0.1, 0.15) is 17.5 Å². The van der Waals surface area contributed by atoms with Crippen molar-refractivity contribution in [2.45, 2.75) is 71.3 Å². The van der Waals surface area contributed by atoms with E-state index in [2.05, 4.69) is 20.2 Å². The third kappa shape index (κ3) is 8.48. The maximum absolute atomic E-state index is 13.1. The first-order valence-corrected chi connectivity index (χ1v) is 11.1. The molecule has 0 aromatic carbocycles. The van der Waals surface area contributed by atoms with Crippen LogP contribution in [0.3, 0.4) is 0 Å². The molecule has 2 saturated heterocycles. The number of amidine groups is 1. The lowest BCUT2D eigenvalue weighted by molar-refractivity contribution is -0.142. The Morgan fingerprint density at radius 3 is 2.06 bits per heavy atom. The monoisotopic (exact) mass is 462 g/mol. The molecule has 2 aliphatic heterocycles. The van der Waals surface area contributed by atoms with Crippen LogP contribution < -0.4 is 5.32 Å². The first kappa shape index (κ1) is 26.2. The van der Waals surface area contributed by atoms with E-state index in [0.717, 1.165) is 32.9 Å². The zero-order valence-electron chi connectivity index (χ0n) is 20.0. The Balaban J connectivity index is 2.05. The van der Waals surface area contributed by atoms with Crippen molar-refractivity contribution in [1.82, 2.24) is 20.0 Å². The van der Waals surface area contributed by atoms with Crippen LogP contribution in [-0.2, 0) is 4.74 Å². The van der Waals surface area contributed by atoms with Crippen LogP contribution in [0.1, 0.15) is 47.5 Å². The van der Waals surface area contributed by atoms with Crippen LogP contribution in [0, 0.1) is 0 Å². The Kier molecular flexibility index (Phi) is 8.78. The average Bonchev–Trinajstić information content (AvgIpc) is 2.67. The fourth-order valence-corrected chi connectivity index (χ4v) is 3.45. The number of piperazine rings is 1. The van der Waals surface area contributed by atoms with Gasteiger partial charge in [-0.2, -0.15) is 13.2 Å². The number of nitrogens with one attached hydrogen (secondary N) is 1. The molecule has 0 radical (unpaired) electrons. The number of aliphatic imine (C=N–C) groups is 2. The van der Waals surface area contributed by atoms with E-state index < -0.39 is 17.8 Å². The van der Waals surface area contributed by atoms with Crippen LogP contribution in [-0.4, -0.2) is 103 Å². The highest BCUT2D eigenvalue weighted by atomic mass is 19.4. The molecule has 1 unspecified atom stereocenters. The number of hydrogen-bond acceptors (Lipinski definition) is 4. The Labute approximate surface area is 188 Å². The van der Waals surface area contributed by atoms with E-state index in [1.54, 1.807) is 11.8 Å². The molecule has 11 heteroatoms. The highest BCUT2D eigenvalue weighted by Gasteiger charge is 2.36. The summed E-state index contributed by atoms with van der Waals surface area (Å²) in [4.78, 5) is 26.3. The molecule has 0 aromatic heterocycles. The van der Waals surface area contributed by atoms with Gasteiger partial charge in [0.05, 0.1) is 0 Å². The zero-order valence-corrected chi connectivity index (χ0v) is 20.0. The summed E-state index contributed by atoms with van der Waals surface area (Å²) in [6, 6.07) is -1.82. The summed E-state index contributed by atoms with van der Waals surface area (Å²) in [5, 5.41) is 3.13. The molecule has 0 aromatic rings. The smallest absolute Gasteiger partial charge is 0.410 e. The highest BCUT2D eigenvalue weighted by Crippen LogP contribution is 2.22. The first-order chi connectivity index (χ1) is 14.7. The van der Waals surface area contributed by atoms with Crippen LogP contribution in [0.15, 0.2) is 9.98 Å². The number of carbonyl (C=O) groups is 1. The van der Waals surface area contributed by atoms with E-state index in [1.165, 1.54) is 0 Å². The molecule has 1 atom stereocenters. The van der Waals surface area contributed by atoms with Gasteiger partial charge in [0.25, 0.3) is 0 Å². The van der Waals surface area contributed by atoms with Gasteiger partial charge in [0.15, 0.2) is 0 Å². The largest absolute Gasteiger partial charge is 0.444 e. The molecular weight excluding hydrogens is 425 g/mol. The van der Waals surface area contributed by atoms with Crippen molar-refractivity contribution >= 4 is 17.9 Å². The fourth-order valence-electron chi connectivity index (χ4n) is 3.45. The quantitative estimate of drug-likeness (QED) is 0.505. The normalized spacial score (nSPS) is 21.5. The summed E-state index contributed by atoms with van der Waals surface area (Å²) in [6.07, 6.45) is -3.16. The molecule has 2 fully saturated rings. The Bertz CT molecular complexity index is 689. The minimum atomic E-state index is -4.43. The maximum Gasteiger partial charge on any atom is 0.410 e. The van der Waals surface area contributed by atoms with Gasteiger partial charge in [0, 0.05) is 32.2 Å². The second-order valence-corrected chi connectivity index (χ2v) is 9.51. The SMILES string of the molecule is C/C(=N\C(=N/C(C)C(F)(F)F)NC1CCN(C)CC1)N1CCN(C(=O)OC(C)(C)C)CC1. The van der Waals surface area contributed by atoms with Crippen molar-refractivity contribution in [2.24, 2.45) is 9.98 Å². The summed E-state index contributed by atoms with van der Waals surface area (Å²) in [7, 11) is 2.02. The Morgan fingerprint density at radius 1 is 1.03 bits per heavy atom. The van der Waals surface area contributed by atoms with E-state index in [9.17, 15) is 18.0 Å². The van der Waals surface area contributed by atoms with E-state index in [4.69, 9.17) is 4.74 Å². The minimum Gasteiger partial charge on any atom is -0.444 e. The van der Waals surface area contributed by atoms with Crippen molar-refractivity contribution in [2.75, 3.05) is 46.3 Å². The van der Waals surface area contributed by atoms with E-state index in [0.29, 0.717) is 32.0 Å². The number of rotatable bonds is 2. The van der Waals surface area contributed by atoms with Gasteiger partial charge < -0.3 is 24.8 Å². The maximum atomic E-state index is 13.1. The molecule has 184 valence electrons. The van der Waals surface area contributed by atoms with Crippen LogP contribution in [0.2, 0.25) is 0 Å². The van der Waals surface area contributed by atoms with E-state index >= 15 is 0 Å². The predicted octanol–water partition coefficient (Wildman–Crippen LogP) is 2.95. The van der Waals surface area contributed by atoms with Gasteiger partial charge in [-0.25, -0.2) is 14.8 Å². The Hall–Kier alpha value is -2.04. The number of guanidine groups is 1. The van der Waals surface area contributed by atoms with Crippen LogP contribution in [0.5, 0.6) is 0 Å². The standard InChI is InChI=1S/C21H37F3N6O2/c1-15(21(22,23)24)25-18(27-17-7-9-28(6)10-8-17)26-16(2)29-11-13-30(14-12-29)19(31)32-20(3,4)5/h15,17H,7-14H2,1-6H3,(H,25,27)/b26-16+. The van der Waals surface area contributed by atoms with Crippen molar-refractivity contribution in [3.05, 3.63) is 0 Å². The number of halogens is 3. The van der Waals surface area contributed by atoms with Gasteiger partial charge >= 0.3 is 12.3 Å². The molecule has 0 bridgehead atoms. The van der Waals surface area contributed by atoms with Crippen LogP contribution >= 0.6 is 0 Å². The topological polar surface area (TPSA) is 72.8 Å². The highest BCUT2D eigenvalue weighted by molar-refractivity contribution is 5.95. The lowest BCUT2D eigenvalue weighted by atomic mass is 10.1. The number of alkyl halides is 3. The molecule has 0 saturated carbocycles. The van der Waals surface area contributed by atoms with Crippen molar-refractivity contribution in [1.29, 1.82) is 0 Å². The number of amides is 1. The molecule has 2 heterocycles. The zero-order chi connectivity index (χ0) is 24.1. The molecule has 8 nitrogen and oxygen atoms in total.